The molecular weight excluding hydrogens is 494 g/mol. The summed E-state index contributed by atoms with van der Waals surface area (Å²) >= 11 is 0. The highest BCUT2D eigenvalue weighted by atomic mass is 16.8. The Morgan fingerprint density at radius 1 is 1.03 bits per heavy atom. The summed E-state index contributed by atoms with van der Waals surface area (Å²) in [5.41, 5.74) is 2.00. The summed E-state index contributed by atoms with van der Waals surface area (Å²) in [6.07, 6.45) is 0.737. The molecule has 196 valence electrons. The van der Waals surface area contributed by atoms with Crippen molar-refractivity contribution < 1.29 is 23.6 Å². The van der Waals surface area contributed by atoms with Crippen molar-refractivity contribution in [2.24, 2.45) is 0 Å². The SMILES string of the molecule is CC1(C)O[C@@H]2[C@H](O1)[C@H](n1cnc3c(On4nnc5ccccc54)ncnc31)O[C@@H]2c1nc(C(C)(C)C)no1. The van der Waals surface area contributed by atoms with Crippen LogP contribution in [0.2, 0.25) is 0 Å². The van der Waals surface area contributed by atoms with E-state index in [-0.39, 0.29) is 11.3 Å². The molecular formula is C24H25N9O5. The van der Waals surface area contributed by atoms with E-state index in [1.54, 1.807) is 10.9 Å². The van der Waals surface area contributed by atoms with Crippen molar-refractivity contribution in [2.75, 3.05) is 0 Å². The van der Waals surface area contributed by atoms with Gasteiger partial charge in [0, 0.05) is 5.41 Å². The quantitative estimate of drug-likeness (QED) is 0.343. The lowest BCUT2D eigenvalue weighted by molar-refractivity contribution is -0.199. The second-order valence-electron chi connectivity index (χ2n) is 10.8. The predicted octanol–water partition coefficient (Wildman–Crippen LogP) is 2.88. The molecule has 0 unspecified atom stereocenters. The smallest absolute Gasteiger partial charge is 0.280 e. The zero-order valence-corrected chi connectivity index (χ0v) is 21.3. The number of rotatable bonds is 4. The van der Waals surface area contributed by atoms with Gasteiger partial charge >= 0.3 is 0 Å². The summed E-state index contributed by atoms with van der Waals surface area (Å²) in [6.45, 7) is 9.76. The molecule has 0 amide bonds. The van der Waals surface area contributed by atoms with Gasteiger partial charge in [-0.05, 0) is 31.2 Å². The second-order valence-corrected chi connectivity index (χ2v) is 10.8. The molecule has 2 aliphatic heterocycles. The molecule has 4 aromatic heterocycles. The minimum atomic E-state index is -0.837. The van der Waals surface area contributed by atoms with E-state index in [0.29, 0.717) is 33.9 Å². The van der Waals surface area contributed by atoms with Crippen molar-refractivity contribution in [3.63, 3.8) is 0 Å². The molecule has 2 fully saturated rings. The highest BCUT2D eigenvalue weighted by Gasteiger charge is 2.58. The van der Waals surface area contributed by atoms with E-state index in [2.05, 4.69) is 35.4 Å². The third-order valence-electron chi connectivity index (χ3n) is 6.48. The van der Waals surface area contributed by atoms with Crippen LogP contribution >= 0.6 is 0 Å². The third kappa shape index (κ3) is 3.63. The number of para-hydroxylation sites is 1. The van der Waals surface area contributed by atoms with Gasteiger partial charge < -0.3 is 23.6 Å². The van der Waals surface area contributed by atoms with Gasteiger partial charge in [-0.15, -0.1) is 5.10 Å². The van der Waals surface area contributed by atoms with Gasteiger partial charge in [0.25, 0.3) is 11.8 Å². The minimum Gasteiger partial charge on any atom is -0.341 e. The molecule has 7 rings (SSSR count). The van der Waals surface area contributed by atoms with Gasteiger partial charge in [0.2, 0.25) is 0 Å². The van der Waals surface area contributed by atoms with Crippen LogP contribution in [0.25, 0.3) is 22.2 Å². The van der Waals surface area contributed by atoms with Crippen molar-refractivity contribution in [3.05, 3.63) is 48.6 Å². The molecule has 6 heterocycles. The second kappa shape index (κ2) is 7.99. The van der Waals surface area contributed by atoms with Crippen LogP contribution in [0.1, 0.15) is 58.7 Å². The molecule has 38 heavy (non-hydrogen) atoms. The zero-order valence-electron chi connectivity index (χ0n) is 21.3. The average Bonchev–Trinajstić information content (AvgIpc) is 3.67. The highest BCUT2D eigenvalue weighted by molar-refractivity contribution is 5.77. The van der Waals surface area contributed by atoms with E-state index in [4.69, 9.17) is 23.6 Å². The molecule has 0 radical (unpaired) electrons. The fraction of sp³-hybridized carbons (Fsp3) is 0.458. The maximum absolute atomic E-state index is 6.44. The molecule has 4 atom stereocenters. The average molecular weight is 520 g/mol. The van der Waals surface area contributed by atoms with Crippen LogP contribution in [-0.4, -0.2) is 62.8 Å². The van der Waals surface area contributed by atoms with Gasteiger partial charge in [-0.25, -0.2) is 9.97 Å². The number of imidazole rings is 1. The molecule has 0 bridgehead atoms. The molecule has 0 saturated carbocycles. The van der Waals surface area contributed by atoms with Gasteiger partial charge in [0.1, 0.15) is 29.6 Å². The van der Waals surface area contributed by atoms with Gasteiger partial charge in [0.15, 0.2) is 35.1 Å². The Kier molecular flexibility index (Phi) is 4.87. The number of hydrogen-bond donors (Lipinski definition) is 0. The van der Waals surface area contributed by atoms with E-state index in [1.807, 2.05) is 58.9 Å². The lowest BCUT2D eigenvalue weighted by atomic mass is 9.96. The Bertz CT molecular complexity index is 1650. The van der Waals surface area contributed by atoms with E-state index in [0.717, 1.165) is 0 Å². The van der Waals surface area contributed by atoms with E-state index in [9.17, 15) is 0 Å². The largest absolute Gasteiger partial charge is 0.341 e. The molecule has 2 saturated heterocycles. The minimum absolute atomic E-state index is 0.214. The molecule has 0 aliphatic carbocycles. The van der Waals surface area contributed by atoms with Crippen LogP contribution in [0.15, 0.2) is 41.4 Å². The molecule has 14 nitrogen and oxygen atoms in total. The summed E-state index contributed by atoms with van der Waals surface area (Å²) in [5, 5.41) is 12.3. The first-order valence-corrected chi connectivity index (χ1v) is 12.2. The molecule has 1 aromatic carbocycles. The monoisotopic (exact) mass is 519 g/mol. The lowest BCUT2D eigenvalue weighted by Gasteiger charge is -2.23. The summed E-state index contributed by atoms with van der Waals surface area (Å²) in [7, 11) is 0. The normalized spacial score (nSPS) is 24.9. The topological polar surface area (TPSA) is 150 Å². The van der Waals surface area contributed by atoms with E-state index in [1.165, 1.54) is 11.2 Å². The van der Waals surface area contributed by atoms with Crippen LogP contribution in [0.3, 0.4) is 0 Å². The first kappa shape index (κ1) is 23.1. The third-order valence-corrected chi connectivity index (χ3v) is 6.48. The van der Waals surface area contributed by atoms with Crippen LogP contribution < -0.4 is 4.84 Å². The molecule has 0 spiro atoms. The standard InChI is InChI=1S/C24H25N9O5/c1-23(2,3)22-28-20(37-30-22)16-15-17(36-24(4,5)35-15)21(34-16)32-11-27-14-18(32)25-10-26-19(14)38-33-13-9-7-6-8-12(13)29-31-33/h6-11,15-17,21H,1-5H3/t15-,16-,17-,21+/m0/s1. The van der Waals surface area contributed by atoms with Gasteiger partial charge in [-0.1, -0.05) is 42.9 Å². The van der Waals surface area contributed by atoms with Crippen molar-refractivity contribution in [2.45, 2.75) is 70.4 Å². The predicted molar refractivity (Wildman–Crippen MR) is 129 cm³/mol. The highest BCUT2D eigenvalue weighted by Crippen LogP contribution is 2.49. The maximum Gasteiger partial charge on any atom is 0.280 e. The number of nitrogens with zero attached hydrogens (tertiary/aromatic N) is 9. The van der Waals surface area contributed by atoms with Crippen LogP contribution in [0, 0.1) is 0 Å². The Morgan fingerprint density at radius 3 is 2.66 bits per heavy atom. The van der Waals surface area contributed by atoms with Crippen LogP contribution in [0.4, 0.5) is 0 Å². The van der Waals surface area contributed by atoms with E-state index < -0.39 is 30.3 Å². The molecule has 5 aromatic rings. The van der Waals surface area contributed by atoms with Crippen molar-refractivity contribution in [3.8, 4) is 5.88 Å². The van der Waals surface area contributed by atoms with Crippen molar-refractivity contribution >= 4 is 22.2 Å². The van der Waals surface area contributed by atoms with E-state index >= 15 is 0 Å². The van der Waals surface area contributed by atoms with Crippen LogP contribution in [0.5, 0.6) is 5.88 Å². The lowest BCUT2D eigenvalue weighted by Crippen LogP contribution is -2.27. The summed E-state index contributed by atoms with van der Waals surface area (Å²) in [6, 6.07) is 7.44. The first-order valence-electron chi connectivity index (χ1n) is 12.2. The Hall–Kier alpha value is -4.01. The number of fused-ring (bicyclic) bond motifs is 3. The van der Waals surface area contributed by atoms with Gasteiger partial charge in [-0.3, -0.25) is 4.57 Å². The Morgan fingerprint density at radius 2 is 1.84 bits per heavy atom. The molecule has 0 N–H and O–H groups in total. The Labute approximate surface area is 215 Å². The van der Waals surface area contributed by atoms with Crippen molar-refractivity contribution in [1.82, 2.24) is 44.8 Å². The summed E-state index contributed by atoms with van der Waals surface area (Å²) in [5.74, 6) is 0.287. The fourth-order valence-corrected chi connectivity index (χ4v) is 4.74. The summed E-state index contributed by atoms with van der Waals surface area (Å²) < 4.78 is 26.3. The number of benzene rings is 1. The summed E-state index contributed by atoms with van der Waals surface area (Å²) in [4.78, 5) is 25.1. The maximum atomic E-state index is 6.44. The first-order chi connectivity index (χ1) is 18.2. The molecule has 14 heteroatoms. The zero-order chi connectivity index (χ0) is 26.2. The van der Waals surface area contributed by atoms with Crippen molar-refractivity contribution in [1.29, 1.82) is 0 Å². The number of aromatic nitrogens is 9. The van der Waals surface area contributed by atoms with Gasteiger partial charge in [-0.2, -0.15) is 9.97 Å². The fourth-order valence-electron chi connectivity index (χ4n) is 4.74. The van der Waals surface area contributed by atoms with Gasteiger partial charge in [0.05, 0.1) is 6.33 Å². The molecule has 2 aliphatic rings. The van der Waals surface area contributed by atoms with Crippen LogP contribution in [-0.2, 0) is 19.6 Å². The Balaban J connectivity index is 1.25. The number of ether oxygens (including phenoxy) is 3. The number of hydrogen-bond acceptors (Lipinski definition) is 12.